The van der Waals surface area contributed by atoms with Crippen molar-refractivity contribution in [2.75, 3.05) is 19.6 Å². The van der Waals surface area contributed by atoms with E-state index in [1.54, 1.807) is 12.1 Å². The maximum Gasteiger partial charge on any atom is 0.326 e. The number of hydrogen-bond acceptors (Lipinski definition) is 4. The van der Waals surface area contributed by atoms with Crippen LogP contribution in [-0.2, 0) is 9.59 Å². The predicted octanol–water partition coefficient (Wildman–Crippen LogP) is 0.878. The molecule has 1 unspecified atom stereocenters. The molecule has 0 heterocycles. The number of nitrogens with one attached hydrogen (secondary N) is 2. The summed E-state index contributed by atoms with van der Waals surface area (Å²) in [6.07, 6.45) is 0.789. The molecule has 0 bridgehead atoms. The highest BCUT2D eigenvalue weighted by atomic mass is 16.4. The van der Waals surface area contributed by atoms with Gasteiger partial charge < -0.3 is 20.6 Å². The Hall–Kier alpha value is -2.90. The van der Waals surface area contributed by atoms with Gasteiger partial charge in [-0.05, 0) is 31.5 Å². The van der Waals surface area contributed by atoms with Crippen molar-refractivity contribution in [1.29, 1.82) is 0 Å². The fraction of sp³-hybridized carbons (Fsp3) is 0.444. The van der Waals surface area contributed by atoms with E-state index in [1.165, 1.54) is 26.0 Å². The maximum absolute atomic E-state index is 12.8. The van der Waals surface area contributed by atoms with E-state index in [0.717, 1.165) is 11.3 Å². The molecule has 1 aromatic rings. The zero-order valence-electron chi connectivity index (χ0n) is 15.2. The topological polar surface area (TPSA) is 116 Å². The molecule has 1 atom stereocenters. The molecule has 0 aliphatic rings. The van der Waals surface area contributed by atoms with Gasteiger partial charge in [0.2, 0.25) is 5.91 Å². The molecule has 0 aliphatic carbocycles. The molecule has 3 N–H and O–H groups in total. The summed E-state index contributed by atoms with van der Waals surface area (Å²) in [5.74, 6) is -2.24. The molecule has 0 fully saturated rings. The van der Waals surface area contributed by atoms with E-state index in [2.05, 4.69) is 10.6 Å². The fourth-order valence-corrected chi connectivity index (χ4v) is 2.26. The average Bonchev–Trinajstić information content (AvgIpc) is 2.62. The lowest BCUT2D eigenvalue weighted by Crippen LogP contribution is -2.46. The Kier molecular flexibility index (Phi) is 8.27. The van der Waals surface area contributed by atoms with Gasteiger partial charge in [-0.25, -0.2) is 4.79 Å². The second-order valence-electron chi connectivity index (χ2n) is 5.83. The first-order valence-electron chi connectivity index (χ1n) is 8.44. The first kappa shape index (κ1) is 21.1. The molecule has 3 amide bonds. The van der Waals surface area contributed by atoms with E-state index in [-0.39, 0.29) is 30.5 Å². The molecule has 0 radical (unpaired) electrons. The Bertz CT molecular complexity index is 675. The van der Waals surface area contributed by atoms with Crippen LogP contribution in [0, 0.1) is 0 Å². The predicted molar refractivity (Wildman–Crippen MR) is 95.9 cm³/mol. The summed E-state index contributed by atoms with van der Waals surface area (Å²) >= 11 is 0. The first-order chi connectivity index (χ1) is 12.3. The van der Waals surface area contributed by atoms with Crippen LogP contribution in [0.1, 0.15) is 47.9 Å². The van der Waals surface area contributed by atoms with E-state index in [1.807, 2.05) is 6.92 Å². The standard InChI is InChI=1S/C18H25N3O5/c1-4-8-20-16(23)14-6-5-7-15(11-14)17(24)21(12(2)18(25)26)10-9-19-13(3)22/h5-7,11-12H,4,8-10H2,1-3H3,(H,19,22)(H,20,23)(H,25,26). The Morgan fingerprint density at radius 3 is 2.35 bits per heavy atom. The molecule has 0 spiro atoms. The van der Waals surface area contributed by atoms with E-state index in [4.69, 9.17) is 0 Å². The van der Waals surface area contributed by atoms with Crippen molar-refractivity contribution in [2.24, 2.45) is 0 Å². The van der Waals surface area contributed by atoms with Gasteiger partial charge in [-0.3, -0.25) is 14.4 Å². The fourth-order valence-electron chi connectivity index (χ4n) is 2.26. The highest BCUT2D eigenvalue weighted by Gasteiger charge is 2.26. The number of carbonyl (C=O) groups excluding carboxylic acids is 3. The number of aliphatic carboxylic acids is 1. The zero-order valence-corrected chi connectivity index (χ0v) is 15.2. The lowest BCUT2D eigenvalue weighted by Gasteiger charge is -2.26. The van der Waals surface area contributed by atoms with E-state index < -0.39 is 17.9 Å². The molecular formula is C18H25N3O5. The van der Waals surface area contributed by atoms with Gasteiger partial charge in [-0.1, -0.05) is 13.0 Å². The van der Waals surface area contributed by atoms with E-state index in [0.29, 0.717) is 12.1 Å². The lowest BCUT2D eigenvalue weighted by molar-refractivity contribution is -0.141. The minimum atomic E-state index is -1.15. The molecule has 1 aromatic carbocycles. The van der Waals surface area contributed by atoms with E-state index in [9.17, 15) is 24.3 Å². The monoisotopic (exact) mass is 363 g/mol. The quantitative estimate of drug-likeness (QED) is 0.602. The number of amides is 3. The van der Waals surface area contributed by atoms with Crippen LogP contribution >= 0.6 is 0 Å². The maximum atomic E-state index is 12.8. The van der Waals surface area contributed by atoms with Gasteiger partial charge >= 0.3 is 5.97 Å². The van der Waals surface area contributed by atoms with Crippen LogP contribution in [0.2, 0.25) is 0 Å². The van der Waals surface area contributed by atoms with E-state index >= 15 is 0 Å². The van der Waals surface area contributed by atoms with Gasteiger partial charge in [-0.2, -0.15) is 0 Å². The molecule has 142 valence electrons. The Morgan fingerprint density at radius 2 is 1.77 bits per heavy atom. The molecule has 0 saturated heterocycles. The van der Waals surface area contributed by atoms with Crippen molar-refractivity contribution in [3.8, 4) is 0 Å². The molecule has 0 aliphatic heterocycles. The third kappa shape index (κ3) is 6.19. The van der Waals surface area contributed by atoms with Gasteiger partial charge in [0, 0.05) is 37.7 Å². The summed E-state index contributed by atoms with van der Waals surface area (Å²) in [5.41, 5.74) is 0.541. The highest BCUT2D eigenvalue weighted by Crippen LogP contribution is 2.11. The summed E-state index contributed by atoms with van der Waals surface area (Å²) < 4.78 is 0. The van der Waals surface area contributed by atoms with Crippen LogP contribution in [0.15, 0.2) is 24.3 Å². The third-order valence-corrected chi connectivity index (χ3v) is 3.72. The molecule has 26 heavy (non-hydrogen) atoms. The Morgan fingerprint density at radius 1 is 1.12 bits per heavy atom. The van der Waals surface area contributed by atoms with Gasteiger partial charge in [0.15, 0.2) is 0 Å². The number of carboxylic acid groups (broad SMARTS) is 1. The van der Waals surface area contributed by atoms with Crippen LogP contribution in [0.4, 0.5) is 0 Å². The van der Waals surface area contributed by atoms with Crippen molar-refractivity contribution in [3.05, 3.63) is 35.4 Å². The SMILES string of the molecule is CCCNC(=O)c1cccc(C(=O)N(CCNC(C)=O)C(C)C(=O)O)c1. The van der Waals surface area contributed by atoms with Gasteiger partial charge in [0.05, 0.1) is 0 Å². The summed E-state index contributed by atoms with van der Waals surface area (Å²) in [7, 11) is 0. The summed E-state index contributed by atoms with van der Waals surface area (Å²) in [6, 6.07) is 5.05. The van der Waals surface area contributed by atoms with Crippen LogP contribution in [0.5, 0.6) is 0 Å². The summed E-state index contributed by atoms with van der Waals surface area (Å²) in [5, 5.41) is 14.5. The van der Waals surface area contributed by atoms with Crippen molar-refractivity contribution in [1.82, 2.24) is 15.5 Å². The minimum absolute atomic E-state index is 0.0398. The van der Waals surface area contributed by atoms with Crippen LogP contribution < -0.4 is 10.6 Å². The Labute approximate surface area is 152 Å². The number of carboxylic acids is 1. The number of nitrogens with zero attached hydrogens (tertiary/aromatic N) is 1. The molecule has 1 rings (SSSR count). The summed E-state index contributed by atoms with van der Waals surface area (Å²) in [4.78, 5) is 48.3. The van der Waals surface area contributed by atoms with Crippen LogP contribution in [0.25, 0.3) is 0 Å². The van der Waals surface area contributed by atoms with Crippen molar-refractivity contribution in [3.63, 3.8) is 0 Å². The molecule has 8 heteroatoms. The van der Waals surface area contributed by atoms with Crippen LogP contribution in [-0.4, -0.2) is 59.4 Å². The molecular weight excluding hydrogens is 338 g/mol. The second kappa shape index (κ2) is 10.2. The molecule has 0 saturated carbocycles. The minimum Gasteiger partial charge on any atom is -0.480 e. The van der Waals surface area contributed by atoms with Crippen molar-refractivity contribution < 1.29 is 24.3 Å². The molecule has 0 aromatic heterocycles. The van der Waals surface area contributed by atoms with Crippen LogP contribution in [0.3, 0.4) is 0 Å². The Balaban J connectivity index is 3.00. The number of benzene rings is 1. The van der Waals surface area contributed by atoms with Gasteiger partial charge in [0.1, 0.15) is 6.04 Å². The van der Waals surface area contributed by atoms with Crippen molar-refractivity contribution >= 4 is 23.7 Å². The van der Waals surface area contributed by atoms with Gasteiger partial charge in [-0.15, -0.1) is 0 Å². The first-order valence-corrected chi connectivity index (χ1v) is 8.44. The third-order valence-electron chi connectivity index (χ3n) is 3.72. The smallest absolute Gasteiger partial charge is 0.326 e. The molecule has 8 nitrogen and oxygen atoms in total. The number of carbonyl (C=O) groups is 4. The highest BCUT2D eigenvalue weighted by molar-refractivity contribution is 6.00. The number of hydrogen-bond donors (Lipinski definition) is 3. The second-order valence-corrected chi connectivity index (χ2v) is 5.83. The number of rotatable bonds is 9. The summed E-state index contributed by atoms with van der Waals surface area (Å²) in [6.45, 7) is 5.36. The lowest BCUT2D eigenvalue weighted by atomic mass is 10.1. The zero-order chi connectivity index (χ0) is 19.7. The largest absolute Gasteiger partial charge is 0.480 e. The van der Waals surface area contributed by atoms with Crippen molar-refractivity contribution in [2.45, 2.75) is 33.2 Å². The van der Waals surface area contributed by atoms with Gasteiger partial charge in [0.25, 0.3) is 11.8 Å². The normalized spacial score (nSPS) is 11.3. The average molecular weight is 363 g/mol.